The highest BCUT2D eigenvalue weighted by atomic mass is 16.5. The largest absolute Gasteiger partial charge is 0.508 e. The lowest BCUT2D eigenvalue weighted by atomic mass is 9.49. The van der Waals surface area contributed by atoms with Gasteiger partial charge in [-0.1, -0.05) is 96.1 Å². The van der Waals surface area contributed by atoms with E-state index in [9.17, 15) is 24.3 Å². The van der Waals surface area contributed by atoms with Crippen molar-refractivity contribution in [2.45, 2.75) is 31.1 Å². The molecule has 1 saturated carbocycles. The first kappa shape index (κ1) is 35.9. The third-order valence-electron chi connectivity index (χ3n) is 12.3. The van der Waals surface area contributed by atoms with Crippen molar-refractivity contribution in [3.63, 3.8) is 0 Å². The predicted octanol–water partition coefficient (Wildman–Crippen LogP) is 7.13. The summed E-state index contributed by atoms with van der Waals surface area (Å²) in [4.78, 5) is 73.7. The van der Waals surface area contributed by atoms with Crippen molar-refractivity contribution in [2.24, 2.45) is 23.7 Å². The molecule has 0 bridgehead atoms. The number of rotatable bonds is 8. The Morgan fingerprint density at radius 2 is 1.44 bits per heavy atom. The number of hydrazine groups is 1. The molecule has 3 fully saturated rings. The van der Waals surface area contributed by atoms with Crippen LogP contribution in [0, 0.1) is 30.6 Å². The van der Waals surface area contributed by atoms with E-state index >= 15 is 4.79 Å². The lowest BCUT2D eigenvalue weighted by Gasteiger charge is -2.50. The number of fused-ring (bicyclic) bond motifs is 4. The molecule has 2 N–H and O–H groups in total. The maximum absolute atomic E-state index is 15.4. The topological polar surface area (TPSA) is 133 Å². The Morgan fingerprint density at radius 1 is 0.772 bits per heavy atom. The van der Waals surface area contributed by atoms with Crippen LogP contribution in [-0.2, 0) is 24.6 Å². The SMILES string of the molecule is COc1cc(O)ccc1C1C2=CCC3C(=O)N(c4ccc(C(=O)c5ccccc5)cc4)C(=O)C3C2CC2C(=O)N(Nc3ccc(C)cc3)C(=O)C21c1ccccc1. The lowest BCUT2D eigenvalue weighted by Crippen LogP contribution is -2.53. The van der Waals surface area contributed by atoms with Crippen LogP contribution in [0.1, 0.15) is 51.4 Å². The summed E-state index contributed by atoms with van der Waals surface area (Å²) in [6, 6.07) is 36.7. The molecule has 5 aromatic rings. The van der Waals surface area contributed by atoms with Gasteiger partial charge in [-0.15, -0.1) is 0 Å². The van der Waals surface area contributed by atoms with Crippen LogP contribution in [0.5, 0.6) is 11.5 Å². The molecular weight excluding hydrogens is 719 g/mol. The second-order valence-corrected chi connectivity index (χ2v) is 15.3. The van der Waals surface area contributed by atoms with Crippen molar-refractivity contribution in [1.82, 2.24) is 5.01 Å². The minimum Gasteiger partial charge on any atom is -0.508 e. The van der Waals surface area contributed by atoms with Gasteiger partial charge in [-0.3, -0.25) is 34.3 Å². The van der Waals surface area contributed by atoms with E-state index in [-0.39, 0.29) is 30.3 Å². The minimum absolute atomic E-state index is 0.0360. The van der Waals surface area contributed by atoms with Crippen LogP contribution in [0.3, 0.4) is 0 Å². The highest BCUT2D eigenvalue weighted by molar-refractivity contribution is 6.23. The number of methoxy groups -OCH3 is 1. The first-order chi connectivity index (χ1) is 27.6. The van der Waals surface area contributed by atoms with Crippen molar-refractivity contribution in [3.8, 4) is 11.5 Å². The van der Waals surface area contributed by atoms with Gasteiger partial charge in [-0.2, -0.15) is 5.01 Å². The van der Waals surface area contributed by atoms with Gasteiger partial charge >= 0.3 is 0 Å². The van der Waals surface area contributed by atoms with Gasteiger partial charge in [0.25, 0.3) is 11.8 Å². The second kappa shape index (κ2) is 13.7. The lowest BCUT2D eigenvalue weighted by molar-refractivity contribution is -0.138. The normalized spacial score (nSPS) is 25.1. The number of hydrogen-bond donors (Lipinski definition) is 2. The number of anilines is 2. The molecule has 9 rings (SSSR count). The zero-order valence-electron chi connectivity index (χ0n) is 31.3. The maximum Gasteiger partial charge on any atom is 0.260 e. The fourth-order valence-electron chi connectivity index (χ4n) is 9.80. The molecule has 2 aliphatic carbocycles. The number of carbonyl (C=O) groups is 5. The zero-order chi connectivity index (χ0) is 39.6. The average molecular weight is 758 g/mol. The number of carbonyl (C=O) groups excluding carboxylic acids is 5. The number of imide groups is 2. The number of nitrogens with zero attached hydrogens (tertiary/aromatic N) is 2. The van der Waals surface area contributed by atoms with Gasteiger partial charge in [0.15, 0.2) is 5.78 Å². The summed E-state index contributed by atoms with van der Waals surface area (Å²) in [6.07, 6.45) is 2.35. The molecule has 0 spiro atoms. The molecule has 0 radical (unpaired) electrons. The molecule has 10 heteroatoms. The summed E-state index contributed by atoms with van der Waals surface area (Å²) in [5, 5.41) is 11.7. The molecule has 2 heterocycles. The number of benzene rings is 5. The van der Waals surface area contributed by atoms with Gasteiger partial charge in [-0.25, -0.2) is 0 Å². The number of hydrogen-bond acceptors (Lipinski definition) is 8. The molecule has 5 aromatic carbocycles. The highest BCUT2D eigenvalue weighted by Gasteiger charge is 2.70. The maximum atomic E-state index is 15.4. The number of aromatic hydroxyl groups is 1. The van der Waals surface area contributed by atoms with Gasteiger partial charge in [-0.05, 0) is 73.7 Å². The van der Waals surface area contributed by atoms with Crippen molar-refractivity contribution in [1.29, 1.82) is 0 Å². The molecule has 284 valence electrons. The molecule has 4 aliphatic rings. The van der Waals surface area contributed by atoms with Crippen LogP contribution in [0.4, 0.5) is 11.4 Å². The number of ether oxygens (including phenoxy) is 1. The molecular formula is C47H39N3O7. The Hall–Kier alpha value is -6.81. The van der Waals surface area contributed by atoms with E-state index in [1.54, 1.807) is 54.6 Å². The Bertz CT molecular complexity index is 2480. The third kappa shape index (κ3) is 5.50. The number of ketones is 1. The summed E-state index contributed by atoms with van der Waals surface area (Å²) in [7, 11) is 1.49. The summed E-state index contributed by atoms with van der Waals surface area (Å²) in [5.74, 6) is -5.40. The Balaban J connectivity index is 1.16. The molecule has 57 heavy (non-hydrogen) atoms. The summed E-state index contributed by atoms with van der Waals surface area (Å²) in [6.45, 7) is 1.95. The molecule has 6 atom stereocenters. The number of phenols is 1. The number of aryl methyl sites for hydroxylation is 1. The van der Waals surface area contributed by atoms with Crippen molar-refractivity contribution >= 4 is 40.8 Å². The molecule has 4 amide bonds. The summed E-state index contributed by atoms with van der Waals surface area (Å²) >= 11 is 0. The first-order valence-corrected chi connectivity index (χ1v) is 19.0. The van der Waals surface area contributed by atoms with E-state index in [4.69, 9.17) is 4.74 Å². The van der Waals surface area contributed by atoms with Gasteiger partial charge < -0.3 is 9.84 Å². The van der Waals surface area contributed by atoms with E-state index in [0.717, 1.165) is 16.1 Å². The smallest absolute Gasteiger partial charge is 0.260 e. The third-order valence-corrected chi connectivity index (χ3v) is 12.3. The minimum atomic E-state index is -1.48. The second-order valence-electron chi connectivity index (χ2n) is 15.3. The van der Waals surface area contributed by atoms with E-state index in [1.165, 1.54) is 24.1 Å². The number of phenolic OH excluding ortho intramolecular Hbond substituents is 1. The van der Waals surface area contributed by atoms with Crippen molar-refractivity contribution < 1.29 is 33.8 Å². The van der Waals surface area contributed by atoms with E-state index in [2.05, 4.69) is 5.43 Å². The van der Waals surface area contributed by atoms with Gasteiger partial charge in [0.1, 0.15) is 11.5 Å². The van der Waals surface area contributed by atoms with Crippen LogP contribution in [0.15, 0.2) is 139 Å². The van der Waals surface area contributed by atoms with Crippen LogP contribution < -0.4 is 15.1 Å². The van der Waals surface area contributed by atoms with Crippen LogP contribution in [-0.4, -0.2) is 46.6 Å². The van der Waals surface area contributed by atoms with Gasteiger partial charge in [0.05, 0.1) is 41.7 Å². The summed E-state index contributed by atoms with van der Waals surface area (Å²) < 4.78 is 5.87. The molecule has 2 aliphatic heterocycles. The number of allylic oxidation sites excluding steroid dienone is 2. The molecule has 2 saturated heterocycles. The highest BCUT2D eigenvalue weighted by Crippen LogP contribution is 2.65. The van der Waals surface area contributed by atoms with Crippen molar-refractivity contribution in [2.75, 3.05) is 17.4 Å². The van der Waals surface area contributed by atoms with Crippen LogP contribution in [0.25, 0.3) is 0 Å². The fraction of sp³-hybridized carbons (Fsp3) is 0.213. The van der Waals surface area contributed by atoms with Crippen LogP contribution in [0.2, 0.25) is 0 Å². The Morgan fingerprint density at radius 3 is 2.12 bits per heavy atom. The molecule has 0 aromatic heterocycles. The van der Waals surface area contributed by atoms with E-state index in [0.29, 0.717) is 39.4 Å². The Kier molecular flexibility index (Phi) is 8.64. The van der Waals surface area contributed by atoms with Crippen molar-refractivity contribution in [3.05, 3.63) is 167 Å². The summed E-state index contributed by atoms with van der Waals surface area (Å²) in [5.41, 5.74) is 6.48. The quantitative estimate of drug-likeness (QED) is 0.0971. The van der Waals surface area contributed by atoms with Gasteiger partial charge in [0, 0.05) is 28.7 Å². The zero-order valence-corrected chi connectivity index (χ0v) is 31.3. The molecule has 6 unspecified atom stereocenters. The first-order valence-electron chi connectivity index (χ1n) is 19.0. The van der Waals surface area contributed by atoms with E-state index in [1.807, 2.05) is 73.7 Å². The predicted molar refractivity (Wildman–Crippen MR) is 212 cm³/mol. The van der Waals surface area contributed by atoms with E-state index < -0.39 is 52.7 Å². The monoisotopic (exact) mass is 757 g/mol. The number of amides is 4. The average Bonchev–Trinajstić information content (AvgIpc) is 3.62. The fourth-order valence-corrected chi connectivity index (χ4v) is 9.80. The molecule has 10 nitrogen and oxygen atoms in total. The van der Waals surface area contributed by atoms with Crippen LogP contribution >= 0.6 is 0 Å². The Labute approximate surface area is 329 Å². The number of nitrogens with one attached hydrogen (secondary N) is 1. The van der Waals surface area contributed by atoms with Gasteiger partial charge in [0.2, 0.25) is 11.8 Å². The standard InChI is InChI=1S/C47H39N3O7/c1-27-13-17-31(18-14-27)48-50-44(54)38-26-37-34(41(35-22-21-33(51)25-39(35)57-2)47(38,46(50)56)30-11-7-4-8-12-30)23-24-36-40(37)45(55)49(43(36)53)32-19-15-29(16-20-32)42(52)28-9-5-3-6-10-28/h3-23,25,36-38,40-41,48,51H,24,26H2,1-2H3.